The molecule has 0 saturated carbocycles. The summed E-state index contributed by atoms with van der Waals surface area (Å²) in [6.07, 6.45) is 8.51. The van der Waals surface area contributed by atoms with Crippen molar-refractivity contribution in [3.8, 4) is 0 Å². The molecule has 1 rings (SSSR count). The monoisotopic (exact) mass is 251 g/mol. The van der Waals surface area contributed by atoms with Gasteiger partial charge in [-0.1, -0.05) is 40.0 Å². The Balaban J connectivity index is 2.36. The third-order valence-corrected chi connectivity index (χ3v) is 3.42. The van der Waals surface area contributed by atoms with Gasteiger partial charge in [-0.25, -0.2) is 0 Å². The van der Waals surface area contributed by atoms with Crippen molar-refractivity contribution in [2.75, 3.05) is 6.54 Å². The lowest BCUT2D eigenvalue weighted by Crippen LogP contribution is -2.15. The molecule has 1 aromatic heterocycles. The topological polar surface area (TPSA) is 29.9 Å². The molecule has 0 fully saturated rings. The second kappa shape index (κ2) is 9.15. The van der Waals surface area contributed by atoms with E-state index in [1.807, 2.05) is 0 Å². The van der Waals surface area contributed by atoms with Crippen LogP contribution in [0, 0.1) is 5.92 Å². The van der Waals surface area contributed by atoms with Crippen molar-refractivity contribution in [1.82, 2.24) is 15.1 Å². The molecule has 0 aromatic carbocycles. The molecule has 0 saturated heterocycles. The van der Waals surface area contributed by atoms with E-state index in [0.717, 1.165) is 31.2 Å². The van der Waals surface area contributed by atoms with Crippen LogP contribution in [0.15, 0.2) is 12.3 Å². The van der Waals surface area contributed by atoms with Crippen molar-refractivity contribution in [2.45, 2.75) is 66.0 Å². The zero-order chi connectivity index (χ0) is 13.2. The number of hydrogen-bond donors (Lipinski definition) is 1. The van der Waals surface area contributed by atoms with Gasteiger partial charge in [0.1, 0.15) is 0 Å². The van der Waals surface area contributed by atoms with Crippen molar-refractivity contribution < 1.29 is 0 Å². The average molecular weight is 251 g/mol. The first-order valence-electron chi connectivity index (χ1n) is 7.53. The van der Waals surface area contributed by atoms with Crippen LogP contribution in [0.3, 0.4) is 0 Å². The number of aromatic nitrogens is 2. The molecule has 1 aromatic rings. The van der Waals surface area contributed by atoms with Gasteiger partial charge in [-0.3, -0.25) is 4.68 Å². The van der Waals surface area contributed by atoms with Gasteiger partial charge in [-0.2, -0.15) is 5.10 Å². The Morgan fingerprint density at radius 2 is 2.11 bits per heavy atom. The van der Waals surface area contributed by atoms with E-state index < -0.39 is 0 Å². The molecular formula is C15H29N3. The number of unbranched alkanes of at least 4 members (excludes halogenated alkanes) is 1. The highest BCUT2D eigenvalue weighted by atomic mass is 15.3. The maximum Gasteiger partial charge on any atom is 0.0762 e. The van der Waals surface area contributed by atoms with E-state index in [1.54, 1.807) is 0 Å². The number of rotatable bonds is 10. The van der Waals surface area contributed by atoms with Crippen LogP contribution in [0.25, 0.3) is 0 Å². The summed E-state index contributed by atoms with van der Waals surface area (Å²) in [5.41, 5.74) is 1.16. The van der Waals surface area contributed by atoms with E-state index in [-0.39, 0.29) is 0 Å². The minimum Gasteiger partial charge on any atom is -0.311 e. The van der Waals surface area contributed by atoms with E-state index in [1.165, 1.54) is 32.1 Å². The summed E-state index contributed by atoms with van der Waals surface area (Å²) in [5, 5.41) is 8.02. The van der Waals surface area contributed by atoms with Gasteiger partial charge in [-0.15, -0.1) is 0 Å². The second-order valence-corrected chi connectivity index (χ2v) is 5.12. The van der Waals surface area contributed by atoms with Gasteiger partial charge in [0.05, 0.1) is 5.69 Å². The first kappa shape index (κ1) is 15.2. The molecule has 0 radical (unpaired) electrons. The smallest absolute Gasteiger partial charge is 0.0762 e. The van der Waals surface area contributed by atoms with Crippen LogP contribution in [0.1, 0.15) is 58.6 Å². The summed E-state index contributed by atoms with van der Waals surface area (Å²) >= 11 is 0. The van der Waals surface area contributed by atoms with E-state index >= 15 is 0 Å². The van der Waals surface area contributed by atoms with Crippen molar-refractivity contribution in [3.63, 3.8) is 0 Å². The Bertz CT molecular complexity index is 306. The molecular weight excluding hydrogens is 222 g/mol. The summed E-state index contributed by atoms with van der Waals surface area (Å²) in [4.78, 5) is 0. The number of hydrogen-bond acceptors (Lipinski definition) is 2. The lowest BCUT2D eigenvalue weighted by molar-refractivity contribution is 0.370. The van der Waals surface area contributed by atoms with Crippen LogP contribution < -0.4 is 5.32 Å². The van der Waals surface area contributed by atoms with Crippen molar-refractivity contribution in [1.29, 1.82) is 0 Å². The zero-order valence-corrected chi connectivity index (χ0v) is 12.3. The lowest BCUT2D eigenvalue weighted by Gasteiger charge is -2.14. The lowest BCUT2D eigenvalue weighted by atomic mass is 10.00. The molecule has 0 aliphatic carbocycles. The molecule has 18 heavy (non-hydrogen) atoms. The SMILES string of the molecule is CCCCC(CC)Cn1ccc(CNCCC)n1. The molecule has 3 nitrogen and oxygen atoms in total. The maximum absolute atomic E-state index is 4.63. The van der Waals surface area contributed by atoms with E-state index in [2.05, 4.69) is 48.1 Å². The highest BCUT2D eigenvalue weighted by Crippen LogP contribution is 2.14. The molecule has 0 aliphatic heterocycles. The van der Waals surface area contributed by atoms with Gasteiger partial charge in [0.25, 0.3) is 0 Å². The third-order valence-electron chi connectivity index (χ3n) is 3.42. The van der Waals surface area contributed by atoms with Crippen molar-refractivity contribution >= 4 is 0 Å². The van der Waals surface area contributed by atoms with E-state index in [4.69, 9.17) is 0 Å². The quantitative estimate of drug-likeness (QED) is 0.644. The summed E-state index contributed by atoms with van der Waals surface area (Å²) < 4.78 is 2.12. The molecule has 0 spiro atoms. The normalized spacial score (nSPS) is 12.8. The molecule has 1 heterocycles. The van der Waals surface area contributed by atoms with Crippen LogP contribution in [-0.2, 0) is 13.1 Å². The fraction of sp³-hybridized carbons (Fsp3) is 0.800. The molecule has 3 heteroatoms. The maximum atomic E-state index is 4.63. The molecule has 0 aliphatic rings. The molecule has 1 unspecified atom stereocenters. The third kappa shape index (κ3) is 5.67. The fourth-order valence-electron chi connectivity index (χ4n) is 2.17. The van der Waals surface area contributed by atoms with E-state index in [9.17, 15) is 0 Å². The number of nitrogens with one attached hydrogen (secondary N) is 1. The largest absolute Gasteiger partial charge is 0.311 e. The Morgan fingerprint density at radius 3 is 2.78 bits per heavy atom. The molecule has 0 bridgehead atoms. The summed E-state index contributed by atoms with van der Waals surface area (Å²) in [6, 6.07) is 2.13. The Kier molecular flexibility index (Phi) is 7.74. The van der Waals surface area contributed by atoms with Crippen molar-refractivity contribution in [3.05, 3.63) is 18.0 Å². The van der Waals surface area contributed by atoms with Gasteiger partial charge < -0.3 is 5.32 Å². The van der Waals surface area contributed by atoms with Crippen molar-refractivity contribution in [2.24, 2.45) is 5.92 Å². The van der Waals surface area contributed by atoms with Gasteiger partial charge in [-0.05, 0) is 31.4 Å². The molecule has 0 amide bonds. The van der Waals surface area contributed by atoms with Gasteiger partial charge >= 0.3 is 0 Å². The van der Waals surface area contributed by atoms with Crippen LogP contribution in [0.4, 0.5) is 0 Å². The molecule has 104 valence electrons. The highest BCUT2D eigenvalue weighted by Gasteiger charge is 2.07. The van der Waals surface area contributed by atoms with Crippen LogP contribution in [0.5, 0.6) is 0 Å². The highest BCUT2D eigenvalue weighted by molar-refractivity contribution is 4.98. The average Bonchev–Trinajstić information content (AvgIpc) is 2.82. The minimum absolute atomic E-state index is 0.779. The molecule has 1 atom stereocenters. The Morgan fingerprint density at radius 1 is 1.28 bits per heavy atom. The standard InChI is InChI=1S/C15H29N3/c1-4-7-8-14(6-3)13-18-11-9-15(17-18)12-16-10-5-2/h9,11,14,16H,4-8,10,12-13H2,1-3H3. The predicted molar refractivity (Wildman–Crippen MR) is 77.5 cm³/mol. The summed E-state index contributed by atoms with van der Waals surface area (Å²) in [7, 11) is 0. The fourth-order valence-corrected chi connectivity index (χ4v) is 2.17. The summed E-state index contributed by atoms with van der Waals surface area (Å²) in [6.45, 7) is 9.77. The van der Waals surface area contributed by atoms with Gasteiger partial charge in [0.2, 0.25) is 0 Å². The first-order valence-corrected chi connectivity index (χ1v) is 7.53. The van der Waals surface area contributed by atoms with Gasteiger partial charge in [0, 0.05) is 19.3 Å². The zero-order valence-electron chi connectivity index (χ0n) is 12.3. The van der Waals surface area contributed by atoms with Crippen LogP contribution in [0.2, 0.25) is 0 Å². The Hall–Kier alpha value is -0.830. The first-order chi connectivity index (χ1) is 8.80. The minimum atomic E-state index is 0.779. The van der Waals surface area contributed by atoms with Crippen LogP contribution in [-0.4, -0.2) is 16.3 Å². The Labute approximate surface area is 112 Å². The van der Waals surface area contributed by atoms with E-state index in [0.29, 0.717) is 0 Å². The summed E-state index contributed by atoms with van der Waals surface area (Å²) in [5.74, 6) is 0.779. The second-order valence-electron chi connectivity index (χ2n) is 5.12. The predicted octanol–water partition coefficient (Wildman–Crippen LogP) is 3.60. The molecule has 1 N–H and O–H groups in total. The number of nitrogens with zero attached hydrogens (tertiary/aromatic N) is 2. The van der Waals surface area contributed by atoms with Gasteiger partial charge in [0.15, 0.2) is 0 Å². The van der Waals surface area contributed by atoms with Crippen LogP contribution >= 0.6 is 0 Å².